The van der Waals surface area contributed by atoms with Crippen LogP contribution in [-0.4, -0.2) is 20.7 Å². The van der Waals surface area contributed by atoms with Crippen molar-refractivity contribution in [2.24, 2.45) is 0 Å². The summed E-state index contributed by atoms with van der Waals surface area (Å²) in [7, 11) is 0. The predicted molar refractivity (Wildman–Crippen MR) is 69.4 cm³/mol. The molecule has 0 fully saturated rings. The maximum absolute atomic E-state index is 9.18. The van der Waals surface area contributed by atoms with Gasteiger partial charge in [-0.2, -0.15) is 0 Å². The Hall–Kier alpha value is -1.62. The molecule has 0 saturated carbocycles. The quantitative estimate of drug-likeness (QED) is 0.855. The van der Waals surface area contributed by atoms with E-state index in [1.165, 1.54) is 17.1 Å². The molecule has 0 bridgehead atoms. The lowest BCUT2D eigenvalue weighted by Gasteiger charge is -2.12. The number of nitrogens with one attached hydrogen (secondary N) is 1. The van der Waals surface area contributed by atoms with Gasteiger partial charge in [0.1, 0.15) is 10.8 Å². The van der Waals surface area contributed by atoms with Gasteiger partial charge in [-0.15, -0.1) is 5.10 Å². The first-order valence-electron chi connectivity index (χ1n) is 5.56. The molecule has 1 heterocycles. The van der Waals surface area contributed by atoms with Crippen LogP contribution in [-0.2, 0) is 6.42 Å². The van der Waals surface area contributed by atoms with Gasteiger partial charge >= 0.3 is 0 Å². The highest BCUT2D eigenvalue weighted by Gasteiger charge is 2.04. The number of hydrogen-bond donors (Lipinski definition) is 2. The molecule has 2 rings (SSSR count). The molecule has 17 heavy (non-hydrogen) atoms. The predicted octanol–water partition coefficient (Wildman–Crippen LogP) is 2.68. The second kappa shape index (κ2) is 5.63. The molecule has 90 valence electrons. The number of benzene rings is 1. The number of phenolic OH excluding ortho intramolecular Hbond substituents is 1. The smallest absolute Gasteiger partial charge is 0.130 e. The zero-order chi connectivity index (χ0) is 12.1. The third kappa shape index (κ3) is 3.71. The average molecular weight is 249 g/mol. The lowest BCUT2D eigenvalue weighted by atomic mass is 10.1. The first kappa shape index (κ1) is 11.9. The van der Waals surface area contributed by atoms with E-state index in [0.29, 0.717) is 11.8 Å². The van der Waals surface area contributed by atoms with Crippen LogP contribution in [0, 0.1) is 0 Å². The summed E-state index contributed by atoms with van der Waals surface area (Å²) in [5.74, 6) is 0.315. The number of hydrogen-bond acceptors (Lipinski definition) is 5. The van der Waals surface area contributed by atoms with Crippen molar-refractivity contribution in [3.8, 4) is 5.75 Å². The van der Waals surface area contributed by atoms with Crippen LogP contribution >= 0.6 is 11.5 Å². The van der Waals surface area contributed by atoms with Crippen molar-refractivity contribution in [2.45, 2.75) is 25.8 Å². The molecule has 1 aromatic heterocycles. The highest BCUT2D eigenvalue weighted by molar-refractivity contribution is 7.09. The molecule has 2 N–H and O–H groups in total. The van der Waals surface area contributed by atoms with Gasteiger partial charge in [-0.05, 0) is 37.5 Å². The lowest BCUT2D eigenvalue weighted by Crippen LogP contribution is -2.15. The fraction of sp³-hybridized carbons (Fsp3) is 0.333. The van der Waals surface area contributed by atoms with Gasteiger partial charge in [0, 0.05) is 17.6 Å². The van der Waals surface area contributed by atoms with Crippen LogP contribution < -0.4 is 5.32 Å². The minimum absolute atomic E-state index is 0.315. The topological polar surface area (TPSA) is 58.0 Å². The highest BCUT2D eigenvalue weighted by atomic mass is 32.1. The Kier molecular flexibility index (Phi) is 3.93. The SMILES string of the molecule is CC(CCc1ccc(O)cc1)Nc1cnns1. The van der Waals surface area contributed by atoms with Crippen LogP contribution in [0.1, 0.15) is 18.9 Å². The summed E-state index contributed by atoms with van der Waals surface area (Å²) in [5.41, 5.74) is 1.24. The van der Waals surface area contributed by atoms with Crippen LogP contribution in [0.4, 0.5) is 5.00 Å². The Morgan fingerprint density at radius 2 is 2.12 bits per heavy atom. The zero-order valence-corrected chi connectivity index (χ0v) is 10.4. The van der Waals surface area contributed by atoms with Crippen molar-refractivity contribution < 1.29 is 5.11 Å². The van der Waals surface area contributed by atoms with E-state index in [4.69, 9.17) is 0 Å². The van der Waals surface area contributed by atoms with E-state index in [0.717, 1.165) is 17.8 Å². The molecular formula is C12H15N3OS. The van der Waals surface area contributed by atoms with Crippen molar-refractivity contribution in [1.29, 1.82) is 0 Å². The molecule has 0 amide bonds. The van der Waals surface area contributed by atoms with Gasteiger partial charge in [0.05, 0.1) is 6.20 Å². The van der Waals surface area contributed by atoms with E-state index in [-0.39, 0.29) is 0 Å². The molecule has 0 saturated heterocycles. The zero-order valence-electron chi connectivity index (χ0n) is 9.63. The molecule has 5 heteroatoms. The van der Waals surface area contributed by atoms with Gasteiger partial charge < -0.3 is 10.4 Å². The van der Waals surface area contributed by atoms with Crippen molar-refractivity contribution in [3.63, 3.8) is 0 Å². The number of phenols is 1. The molecule has 0 radical (unpaired) electrons. The fourth-order valence-electron chi connectivity index (χ4n) is 1.59. The maximum atomic E-state index is 9.18. The molecular weight excluding hydrogens is 234 g/mol. The van der Waals surface area contributed by atoms with Crippen molar-refractivity contribution in [1.82, 2.24) is 9.59 Å². The summed E-state index contributed by atoms with van der Waals surface area (Å²) >= 11 is 1.37. The van der Waals surface area contributed by atoms with E-state index in [1.807, 2.05) is 12.1 Å². The van der Waals surface area contributed by atoms with Gasteiger partial charge in [0.2, 0.25) is 0 Å². The highest BCUT2D eigenvalue weighted by Crippen LogP contribution is 2.15. The van der Waals surface area contributed by atoms with Gasteiger partial charge in [-0.1, -0.05) is 16.6 Å². The summed E-state index contributed by atoms with van der Waals surface area (Å²) in [6, 6.07) is 7.74. The number of aryl methyl sites for hydroxylation is 1. The van der Waals surface area contributed by atoms with Crippen LogP contribution in [0.15, 0.2) is 30.5 Å². The molecule has 1 aromatic carbocycles. The van der Waals surface area contributed by atoms with Gasteiger partial charge in [0.15, 0.2) is 0 Å². The Balaban J connectivity index is 1.79. The van der Waals surface area contributed by atoms with E-state index >= 15 is 0 Å². The Labute approximate surface area is 104 Å². The van der Waals surface area contributed by atoms with E-state index in [1.54, 1.807) is 18.3 Å². The Morgan fingerprint density at radius 1 is 1.35 bits per heavy atom. The van der Waals surface area contributed by atoms with Gasteiger partial charge in [-0.25, -0.2) is 0 Å². The third-order valence-corrected chi connectivity index (χ3v) is 3.15. The number of rotatable bonds is 5. The van der Waals surface area contributed by atoms with Crippen molar-refractivity contribution in [2.75, 3.05) is 5.32 Å². The van der Waals surface area contributed by atoms with Gasteiger partial charge in [-0.3, -0.25) is 0 Å². The normalized spacial score (nSPS) is 12.3. The van der Waals surface area contributed by atoms with Crippen LogP contribution in [0.5, 0.6) is 5.75 Å². The van der Waals surface area contributed by atoms with Crippen LogP contribution in [0.2, 0.25) is 0 Å². The second-order valence-corrected chi connectivity index (χ2v) is 4.82. The van der Waals surface area contributed by atoms with Crippen molar-refractivity contribution in [3.05, 3.63) is 36.0 Å². The molecule has 0 aliphatic carbocycles. The van der Waals surface area contributed by atoms with Crippen molar-refractivity contribution >= 4 is 16.5 Å². The van der Waals surface area contributed by atoms with Gasteiger partial charge in [0.25, 0.3) is 0 Å². The molecule has 2 aromatic rings. The minimum atomic E-state index is 0.315. The Bertz CT molecular complexity index is 441. The summed E-state index contributed by atoms with van der Waals surface area (Å²) < 4.78 is 3.80. The first-order valence-corrected chi connectivity index (χ1v) is 6.33. The van der Waals surface area contributed by atoms with E-state index < -0.39 is 0 Å². The lowest BCUT2D eigenvalue weighted by molar-refractivity contribution is 0.475. The molecule has 0 spiro atoms. The molecule has 0 aliphatic rings. The number of aromatic nitrogens is 2. The van der Waals surface area contributed by atoms with Crippen LogP contribution in [0.25, 0.3) is 0 Å². The largest absolute Gasteiger partial charge is 0.508 e. The number of nitrogens with zero attached hydrogens (tertiary/aromatic N) is 2. The number of anilines is 1. The average Bonchev–Trinajstić information content (AvgIpc) is 2.81. The number of aromatic hydroxyl groups is 1. The summed E-state index contributed by atoms with van der Waals surface area (Å²) in [6.45, 7) is 2.14. The third-order valence-electron chi connectivity index (χ3n) is 2.55. The standard InChI is InChI=1S/C12H15N3OS/c1-9(14-12-8-13-15-17-12)2-3-10-4-6-11(16)7-5-10/h4-9,14,16H,2-3H2,1H3. The van der Waals surface area contributed by atoms with E-state index in [2.05, 4.69) is 21.8 Å². The molecule has 4 nitrogen and oxygen atoms in total. The van der Waals surface area contributed by atoms with E-state index in [9.17, 15) is 5.11 Å². The molecule has 1 unspecified atom stereocenters. The summed E-state index contributed by atoms with van der Waals surface area (Å²) in [5, 5.41) is 17.3. The molecule has 1 atom stereocenters. The summed E-state index contributed by atoms with van der Waals surface area (Å²) in [6.07, 6.45) is 3.76. The first-order chi connectivity index (χ1) is 8.24. The second-order valence-electron chi connectivity index (χ2n) is 4.03. The Morgan fingerprint density at radius 3 is 2.76 bits per heavy atom. The fourth-order valence-corrected chi connectivity index (χ4v) is 2.12. The summed E-state index contributed by atoms with van der Waals surface area (Å²) in [4.78, 5) is 0. The van der Waals surface area contributed by atoms with Crippen LogP contribution in [0.3, 0.4) is 0 Å². The molecule has 0 aliphatic heterocycles. The monoisotopic (exact) mass is 249 g/mol. The maximum Gasteiger partial charge on any atom is 0.130 e. The minimum Gasteiger partial charge on any atom is -0.508 e.